The van der Waals surface area contributed by atoms with Crippen LogP contribution in [0.4, 0.5) is 0 Å². The number of benzene rings is 1. The van der Waals surface area contributed by atoms with E-state index in [0.29, 0.717) is 0 Å². The summed E-state index contributed by atoms with van der Waals surface area (Å²) in [4.78, 5) is 4.34. The second-order valence-electron chi connectivity index (χ2n) is 3.87. The highest BCUT2D eigenvalue weighted by Gasteiger charge is 2.14. The molecule has 3 nitrogen and oxygen atoms in total. The number of aromatic nitrogens is 1. The van der Waals surface area contributed by atoms with Gasteiger partial charge in [-0.1, -0.05) is 15.9 Å². The lowest BCUT2D eigenvalue weighted by molar-refractivity contribution is 0.191. The lowest BCUT2D eigenvalue weighted by Crippen LogP contribution is -2.16. The van der Waals surface area contributed by atoms with Gasteiger partial charge >= 0.3 is 0 Å². The summed E-state index contributed by atoms with van der Waals surface area (Å²) in [6, 6.07) is 7.88. The molecule has 0 saturated carbocycles. The molecular weight excluding hydrogens is 312 g/mol. The summed E-state index contributed by atoms with van der Waals surface area (Å²) < 4.78 is 7.05. The standard InChI is InChI=1S/C13H15BrN2OS/c1-15-7-6-13(12-8-18-9-16-12)17-11-4-2-10(14)3-5-11/h2-5,8-9,13,15H,6-7H2,1H3. The van der Waals surface area contributed by atoms with Crippen molar-refractivity contribution in [1.82, 2.24) is 10.3 Å². The van der Waals surface area contributed by atoms with Crippen LogP contribution in [0, 0.1) is 0 Å². The predicted molar refractivity (Wildman–Crippen MR) is 78.2 cm³/mol. The van der Waals surface area contributed by atoms with Crippen molar-refractivity contribution in [2.24, 2.45) is 0 Å². The van der Waals surface area contributed by atoms with Crippen molar-refractivity contribution < 1.29 is 4.74 Å². The number of hydrogen-bond donors (Lipinski definition) is 1. The van der Waals surface area contributed by atoms with Gasteiger partial charge in [0.1, 0.15) is 11.9 Å². The molecule has 0 bridgehead atoms. The topological polar surface area (TPSA) is 34.1 Å². The maximum Gasteiger partial charge on any atom is 0.143 e. The summed E-state index contributed by atoms with van der Waals surface area (Å²) in [7, 11) is 1.94. The predicted octanol–water partition coefficient (Wildman–Crippen LogP) is 3.64. The fraction of sp³-hybridized carbons (Fsp3) is 0.308. The molecule has 5 heteroatoms. The molecule has 0 saturated heterocycles. The molecule has 1 aromatic carbocycles. The first-order valence-electron chi connectivity index (χ1n) is 5.74. The van der Waals surface area contributed by atoms with E-state index in [0.717, 1.165) is 28.9 Å². The average Bonchev–Trinajstić information content (AvgIpc) is 2.90. The second-order valence-corrected chi connectivity index (χ2v) is 5.50. The van der Waals surface area contributed by atoms with Crippen molar-refractivity contribution >= 4 is 27.3 Å². The van der Waals surface area contributed by atoms with Crippen LogP contribution in [0.2, 0.25) is 0 Å². The maximum atomic E-state index is 6.00. The summed E-state index contributed by atoms with van der Waals surface area (Å²) in [6.07, 6.45) is 0.904. The van der Waals surface area contributed by atoms with Gasteiger partial charge in [0.25, 0.3) is 0 Å². The maximum absolute atomic E-state index is 6.00. The van der Waals surface area contributed by atoms with E-state index in [9.17, 15) is 0 Å². The van der Waals surface area contributed by atoms with E-state index in [1.807, 2.05) is 42.2 Å². The van der Waals surface area contributed by atoms with Gasteiger partial charge in [0.2, 0.25) is 0 Å². The van der Waals surface area contributed by atoms with Gasteiger partial charge < -0.3 is 10.1 Å². The Morgan fingerprint density at radius 3 is 2.78 bits per heavy atom. The average molecular weight is 327 g/mol. The van der Waals surface area contributed by atoms with Crippen molar-refractivity contribution in [3.05, 3.63) is 45.3 Å². The third-order valence-corrected chi connectivity index (χ3v) is 3.66. The Kier molecular flexibility index (Phi) is 5.16. The number of hydrogen-bond acceptors (Lipinski definition) is 4. The van der Waals surface area contributed by atoms with E-state index in [1.54, 1.807) is 11.3 Å². The van der Waals surface area contributed by atoms with E-state index >= 15 is 0 Å². The summed E-state index contributed by atoms with van der Waals surface area (Å²) in [6.45, 7) is 0.902. The lowest BCUT2D eigenvalue weighted by Gasteiger charge is -2.17. The zero-order valence-corrected chi connectivity index (χ0v) is 12.5. The van der Waals surface area contributed by atoms with Gasteiger partial charge in [-0.25, -0.2) is 4.98 Å². The highest BCUT2D eigenvalue weighted by molar-refractivity contribution is 9.10. The molecule has 1 N–H and O–H groups in total. The van der Waals surface area contributed by atoms with E-state index in [-0.39, 0.29) is 6.10 Å². The Hall–Kier alpha value is -0.910. The number of rotatable bonds is 6. The molecule has 18 heavy (non-hydrogen) atoms. The molecule has 96 valence electrons. The first-order valence-corrected chi connectivity index (χ1v) is 7.48. The van der Waals surface area contributed by atoms with E-state index < -0.39 is 0 Å². The van der Waals surface area contributed by atoms with Crippen LogP contribution >= 0.6 is 27.3 Å². The zero-order chi connectivity index (χ0) is 12.8. The largest absolute Gasteiger partial charge is 0.484 e. The van der Waals surface area contributed by atoms with E-state index in [1.165, 1.54) is 0 Å². The summed E-state index contributed by atoms with van der Waals surface area (Å²) >= 11 is 5.01. The quantitative estimate of drug-likeness (QED) is 0.880. The Morgan fingerprint density at radius 2 is 2.17 bits per heavy atom. The molecule has 1 atom stereocenters. The van der Waals surface area contributed by atoms with Gasteiger partial charge in [-0.3, -0.25) is 0 Å². The summed E-state index contributed by atoms with van der Waals surface area (Å²) in [5.41, 5.74) is 2.84. The molecule has 0 aliphatic carbocycles. The normalized spacial score (nSPS) is 12.3. The van der Waals surface area contributed by atoms with Gasteiger partial charge in [-0.15, -0.1) is 11.3 Å². The minimum Gasteiger partial charge on any atom is -0.484 e. The molecule has 0 aliphatic heterocycles. The van der Waals surface area contributed by atoms with Crippen LogP contribution in [0.1, 0.15) is 18.2 Å². The van der Waals surface area contributed by atoms with Crippen LogP contribution in [0.25, 0.3) is 0 Å². The van der Waals surface area contributed by atoms with Crippen LogP contribution in [-0.4, -0.2) is 18.6 Å². The molecule has 0 aliphatic rings. The van der Waals surface area contributed by atoms with Crippen LogP contribution < -0.4 is 10.1 Å². The molecule has 1 unspecified atom stereocenters. The van der Waals surface area contributed by atoms with Crippen LogP contribution in [0.5, 0.6) is 5.75 Å². The number of nitrogens with one attached hydrogen (secondary N) is 1. The van der Waals surface area contributed by atoms with Crippen molar-refractivity contribution in [2.75, 3.05) is 13.6 Å². The summed E-state index contributed by atoms with van der Waals surface area (Å²) in [5.74, 6) is 0.868. The molecule has 2 rings (SSSR count). The molecule has 0 spiro atoms. The molecule has 1 aromatic heterocycles. The summed E-state index contributed by atoms with van der Waals surface area (Å²) in [5, 5.41) is 5.18. The SMILES string of the molecule is CNCCC(Oc1ccc(Br)cc1)c1cscn1. The molecule has 0 amide bonds. The highest BCUT2D eigenvalue weighted by Crippen LogP contribution is 2.25. The van der Waals surface area contributed by atoms with Crippen LogP contribution in [0.3, 0.4) is 0 Å². The Morgan fingerprint density at radius 1 is 1.39 bits per heavy atom. The van der Waals surface area contributed by atoms with Crippen molar-refractivity contribution in [1.29, 1.82) is 0 Å². The first-order chi connectivity index (χ1) is 8.79. The second kappa shape index (κ2) is 6.87. The van der Waals surface area contributed by atoms with Gasteiger partial charge in [0.05, 0.1) is 11.2 Å². The van der Waals surface area contributed by atoms with E-state index in [4.69, 9.17) is 4.74 Å². The molecule has 1 heterocycles. The monoisotopic (exact) mass is 326 g/mol. The van der Waals surface area contributed by atoms with Gasteiger partial charge in [-0.05, 0) is 37.9 Å². The van der Waals surface area contributed by atoms with Crippen LogP contribution in [0.15, 0.2) is 39.6 Å². The van der Waals surface area contributed by atoms with Crippen molar-refractivity contribution in [3.8, 4) is 5.75 Å². The van der Waals surface area contributed by atoms with Gasteiger partial charge in [0.15, 0.2) is 0 Å². The third-order valence-electron chi connectivity index (χ3n) is 2.53. The number of thiazole rings is 1. The number of nitrogens with zero attached hydrogens (tertiary/aromatic N) is 1. The molecular formula is C13H15BrN2OS. The van der Waals surface area contributed by atoms with Gasteiger partial charge in [0, 0.05) is 16.3 Å². The molecule has 0 radical (unpaired) electrons. The Bertz CT molecular complexity index is 458. The Labute approximate surface area is 119 Å². The number of halogens is 1. The zero-order valence-electron chi connectivity index (χ0n) is 10.1. The molecule has 0 fully saturated rings. The van der Waals surface area contributed by atoms with Gasteiger partial charge in [-0.2, -0.15) is 0 Å². The minimum atomic E-state index is 0.00451. The number of ether oxygens (including phenoxy) is 1. The fourth-order valence-electron chi connectivity index (χ4n) is 1.60. The minimum absolute atomic E-state index is 0.00451. The van der Waals surface area contributed by atoms with Crippen molar-refractivity contribution in [3.63, 3.8) is 0 Å². The fourth-order valence-corrected chi connectivity index (χ4v) is 2.46. The highest BCUT2D eigenvalue weighted by atomic mass is 79.9. The van der Waals surface area contributed by atoms with Crippen molar-refractivity contribution in [2.45, 2.75) is 12.5 Å². The lowest BCUT2D eigenvalue weighted by atomic mass is 10.2. The Balaban J connectivity index is 2.07. The first kappa shape index (κ1) is 13.5. The van der Waals surface area contributed by atoms with Crippen LogP contribution in [-0.2, 0) is 0 Å². The molecule has 2 aromatic rings. The third kappa shape index (κ3) is 3.80. The van der Waals surface area contributed by atoms with E-state index in [2.05, 4.69) is 26.2 Å². The smallest absolute Gasteiger partial charge is 0.143 e.